The Bertz CT molecular complexity index is 535. The second kappa shape index (κ2) is 6.24. The Morgan fingerprint density at radius 1 is 1.42 bits per heavy atom. The zero-order valence-corrected chi connectivity index (χ0v) is 12.5. The summed E-state index contributed by atoms with van der Waals surface area (Å²) in [6.45, 7) is 6.44. The number of hydrogen-bond acceptors (Lipinski definition) is 3. The number of nitrogens with zero attached hydrogens (tertiary/aromatic N) is 3. The minimum absolute atomic E-state index is 0.355. The van der Waals surface area contributed by atoms with Crippen LogP contribution in [-0.2, 0) is 0 Å². The van der Waals surface area contributed by atoms with Crippen LogP contribution in [0.4, 0.5) is 5.82 Å². The van der Waals surface area contributed by atoms with Gasteiger partial charge in [-0.25, -0.2) is 9.50 Å². The summed E-state index contributed by atoms with van der Waals surface area (Å²) >= 11 is 5.83. The van der Waals surface area contributed by atoms with Crippen LogP contribution < -0.4 is 5.32 Å². The largest absolute Gasteiger partial charge is 0.366 e. The highest BCUT2D eigenvalue weighted by Gasteiger charge is 2.12. The molecule has 0 aliphatic rings. The minimum Gasteiger partial charge on any atom is -0.366 e. The lowest BCUT2D eigenvalue weighted by atomic mass is 10.1. The van der Waals surface area contributed by atoms with Crippen molar-refractivity contribution in [2.75, 3.05) is 11.2 Å². The molecule has 0 saturated carbocycles. The van der Waals surface area contributed by atoms with Gasteiger partial charge < -0.3 is 5.32 Å². The van der Waals surface area contributed by atoms with Crippen LogP contribution in [0.2, 0.25) is 0 Å². The fourth-order valence-electron chi connectivity index (χ4n) is 2.04. The van der Waals surface area contributed by atoms with Gasteiger partial charge in [-0.2, -0.15) is 5.10 Å². The maximum absolute atomic E-state index is 5.83. The van der Waals surface area contributed by atoms with Gasteiger partial charge in [-0.1, -0.05) is 20.8 Å². The first-order valence-corrected chi connectivity index (χ1v) is 7.36. The molecule has 2 heterocycles. The molecule has 1 N–H and O–H groups in total. The van der Waals surface area contributed by atoms with Crippen molar-refractivity contribution in [3.63, 3.8) is 0 Å². The molecule has 0 aromatic carbocycles. The molecule has 4 nitrogen and oxygen atoms in total. The minimum atomic E-state index is 0.355. The first-order chi connectivity index (χ1) is 9.15. The molecular formula is C14H21ClN4. The summed E-state index contributed by atoms with van der Waals surface area (Å²) < 4.78 is 1.89. The summed E-state index contributed by atoms with van der Waals surface area (Å²) in [5.74, 6) is 1.96. The molecule has 0 radical (unpaired) electrons. The molecule has 0 bridgehead atoms. The average Bonchev–Trinajstić information content (AvgIpc) is 2.83. The fraction of sp³-hybridized carbons (Fsp3) is 0.571. The van der Waals surface area contributed by atoms with E-state index in [9.17, 15) is 0 Å². The van der Waals surface area contributed by atoms with Crippen molar-refractivity contribution < 1.29 is 0 Å². The Morgan fingerprint density at radius 2 is 2.21 bits per heavy atom. The highest BCUT2D eigenvalue weighted by molar-refractivity contribution is 6.17. The SMILES string of the molecule is CCC(CCCl)Nc1nccn2nc(C(C)C)cc12. The first-order valence-electron chi connectivity index (χ1n) is 6.82. The van der Waals surface area contributed by atoms with Crippen molar-refractivity contribution in [1.82, 2.24) is 14.6 Å². The molecule has 0 aliphatic heterocycles. The normalized spacial score (nSPS) is 13.1. The van der Waals surface area contributed by atoms with Gasteiger partial charge in [-0.05, 0) is 24.8 Å². The van der Waals surface area contributed by atoms with Crippen molar-refractivity contribution in [2.24, 2.45) is 0 Å². The van der Waals surface area contributed by atoms with E-state index >= 15 is 0 Å². The molecule has 2 aromatic rings. The van der Waals surface area contributed by atoms with E-state index in [1.165, 1.54) is 0 Å². The van der Waals surface area contributed by atoms with E-state index in [4.69, 9.17) is 11.6 Å². The quantitative estimate of drug-likeness (QED) is 0.821. The molecule has 1 unspecified atom stereocenters. The van der Waals surface area contributed by atoms with Gasteiger partial charge >= 0.3 is 0 Å². The van der Waals surface area contributed by atoms with E-state index in [1.54, 1.807) is 6.20 Å². The molecule has 0 spiro atoms. The van der Waals surface area contributed by atoms with Crippen molar-refractivity contribution in [3.05, 3.63) is 24.2 Å². The van der Waals surface area contributed by atoms with E-state index < -0.39 is 0 Å². The monoisotopic (exact) mass is 280 g/mol. The van der Waals surface area contributed by atoms with Gasteiger partial charge in [0, 0.05) is 24.3 Å². The first kappa shape index (κ1) is 14.1. The Balaban J connectivity index is 2.32. The second-order valence-electron chi connectivity index (χ2n) is 5.06. The molecule has 19 heavy (non-hydrogen) atoms. The van der Waals surface area contributed by atoms with Crippen LogP contribution in [0.3, 0.4) is 0 Å². The molecule has 5 heteroatoms. The standard InChI is InChI=1S/C14H21ClN4/c1-4-11(5-6-15)17-14-13-9-12(10(2)3)18-19(13)8-7-16-14/h7-11H,4-6H2,1-3H3,(H,16,17). The van der Waals surface area contributed by atoms with Crippen molar-refractivity contribution in [3.8, 4) is 0 Å². The van der Waals surface area contributed by atoms with Crippen molar-refractivity contribution >= 4 is 22.9 Å². The molecule has 2 aromatic heterocycles. The van der Waals surface area contributed by atoms with Crippen molar-refractivity contribution in [2.45, 2.75) is 45.6 Å². The molecule has 0 amide bonds. The molecule has 104 valence electrons. The van der Waals surface area contributed by atoms with E-state index in [1.807, 2.05) is 10.7 Å². The molecule has 1 atom stereocenters. The zero-order chi connectivity index (χ0) is 13.8. The Morgan fingerprint density at radius 3 is 2.84 bits per heavy atom. The molecule has 0 fully saturated rings. The smallest absolute Gasteiger partial charge is 0.152 e. The Hall–Kier alpha value is -1.29. The predicted octanol–water partition coefficient (Wildman–Crippen LogP) is 3.67. The van der Waals surface area contributed by atoms with Gasteiger partial charge in [-0.15, -0.1) is 11.6 Å². The molecule has 0 aliphatic carbocycles. The van der Waals surface area contributed by atoms with Crippen LogP contribution in [-0.4, -0.2) is 26.5 Å². The summed E-state index contributed by atoms with van der Waals surface area (Å²) in [6.07, 6.45) is 5.63. The average molecular weight is 281 g/mol. The fourth-order valence-corrected chi connectivity index (χ4v) is 2.30. The van der Waals surface area contributed by atoms with Gasteiger partial charge in [0.1, 0.15) is 5.52 Å². The lowest BCUT2D eigenvalue weighted by Gasteiger charge is -2.16. The number of hydrogen-bond donors (Lipinski definition) is 1. The third kappa shape index (κ3) is 3.18. The van der Waals surface area contributed by atoms with Gasteiger partial charge in [0.2, 0.25) is 0 Å². The third-order valence-corrected chi connectivity index (χ3v) is 3.51. The Labute approximate surface area is 119 Å². The molecule has 2 rings (SSSR count). The van der Waals surface area contributed by atoms with Crippen LogP contribution in [0.15, 0.2) is 18.5 Å². The number of aromatic nitrogens is 3. The predicted molar refractivity (Wildman–Crippen MR) is 80.1 cm³/mol. The van der Waals surface area contributed by atoms with Crippen LogP contribution in [0, 0.1) is 0 Å². The maximum Gasteiger partial charge on any atom is 0.152 e. The third-order valence-electron chi connectivity index (χ3n) is 3.29. The summed E-state index contributed by atoms with van der Waals surface area (Å²) in [6, 6.07) is 2.46. The maximum atomic E-state index is 5.83. The summed E-state index contributed by atoms with van der Waals surface area (Å²) in [5, 5.41) is 8.03. The lowest BCUT2D eigenvalue weighted by Crippen LogP contribution is -2.20. The zero-order valence-electron chi connectivity index (χ0n) is 11.7. The van der Waals surface area contributed by atoms with Crippen LogP contribution in [0.1, 0.15) is 45.2 Å². The number of nitrogens with one attached hydrogen (secondary N) is 1. The number of alkyl halides is 1. The topological polar surface area (TPSA) is 42.2 Å². The summed E-state index contributed by atoms with van der Waals surface area (Å²) in [7, 11) is 0. The van der Waals surface area contributed by atoms with E-state index in [0.717, 1.165) is 29.9 Å². The van der Waals surface area contributed by atoms with Gasteiger partial charge in [-0.3, -0.25) is 0 Å². The van der Waals surface area contributed by atoms with Gasteiger partial charge in [0.25, 0.3) is 0 Å². The van der Waals surface area contributed by atoms with Crippen LogP contribution >= 0.6 is 11.6 Å². The second-order valence-corrected chi connectivity index (χ2v) is 5.43. The summed E-state index contributed by atoms with van der Waals surface area (Å²) in [4.78, 5) is 4.43. The number of fused-ring (bicyclic) bond motifs is 1. The summed E-state index contributed by atoms with van der Waals surface area (Å²) in [5.41, 5.74) is 2.11. The van der Waals surface area contributed by atoms with Crippen LogP contribution in [0.5, 0.6) is 0 Å². The number of anilines is 1. The molecular weight excluding hydrogens is 260 g/mol. The van der Waals surface area contributed by atoms with E-state index in [0.29, 0.717) is 17.8 Å². The Kier molecular flexibility index (Phi) is 4.64. The number of halogens is 1. The van der Waals surface area contributed by atoms with Crippen LogP contribution in [0.25, 0.3) is 5.52 Å². The van der Waals surface area contributed by atoms with E-state index in [2.05, 4.69) is 42.2 Å². The highest BCUT2D eigenvalue weighted by atomic mass is 35.5. The van der Waals surface area contributed by atoms with Gasteiger partial charge in [0.05, 0.1) is 5.69 Å². The lowest BCUT2D eigenvalue weighted by molar-refractivity contribution is 0.672. The number of rotatable bonds is 6. The highest BCUT2D eigenvalue weighted by Crippen LogP contribution is 2.21. The molecule has 0 saturated heterocycles. The van der Waals surface area contributed by atoms with Gasteiger partial charge in [0.15, 0.2) is 5.82 Å². The van der Waals surface area contributed by atoms with E-state index in [-0.39, 0.29) is 0 Å². The van der Waals surface area contributed by atoms with Crippen molar-refractivity contribution in [1.29, 1.82) is 0 Å².